The van der Waals surface area contributed by atoms with E-state index in [4.69, 9.17) is 4.74 Å². The van der Waals surface area contributed by atoms with Gasteiger partial charge in [0.05, 0.1) is 11.1 Å². The Kier molecular flexibility index (Phi) is 9.34. The van der Waals surface area contributed by atoms with Gasteiger partial charge in [0.1, 0.15) is 16.4 Å². The second kappa shape index (κ2) is 13.3. The van der Waals surface area contributed by atoms with Crippen LogP contribution in [0.5, 0.6) is 0 Å². The fraction of sp³-hybridized carbons (Fsp3) is 0.650. The number of aromatic nitrogens is 1. The van der Waals surface area contributed by atoms with Crippen LogP contribution in [0.1, 0.15) is 99.6 Å². The second-order valence-electron chi connectivity index (χ2n) is 15.8. The lowest BCUT2D eigenvalue weighted by atomic mass is 9.76. The number of fused-ring (bicyclic) bond motifs is 3. The molecule has 3 aromatic rings. The molecular weight excluding hydrogens is 589 g/mol. The number of nitrogens with zero attached hydrogens (tertiary/aromatic N) is 1. The molecular formula is C40H54N2O3S. The van der Waals surface area contributed by atoms with Gasteiger partial charge in [-0.15, -0.1) is 11.3 Å². The predicted octanol–water partition coefficient (Wildman–Crippen LogP) is 8.83. The molecule has 7 rings (SSSR count). The number of aryl methyl sites for hydroxylation is 2. The van der Waals surface area contributed by atoms with Gasteiger partial charge in [0, 0.05) is 48.3 Å². The summed E-state index contributed by atoms with van der Waals surface area (Å²) in [5, 5.41) is 1.30. The molecule has 2 aliphatic heterocycles. The zero-order valence-electron chi connectivity index (χ0n) is 28.6. The number of likely N-dealkylation sites (tertiary alicyclic amines) is 1. The van der Waals surface area contributed by atoms with Crippen molar-refractivity contribution in [1.29, 1.82) is 0 Å². The molecule has 2 aromatic heterocycles. The number of Topliss-reactive ketones (excluding diaryl/α,β-unsaturated/α-hetero) is 2. The number of ketones is 2. The van der Waals surface area contributed by atoms with E-state index < -0.39 is 5.41 Å². The van der Waals surface area contributed by atoms with Crippen molar-refractivity contribution in [2.24, 2.45) is 29.6 Å². The number of H-pyrrole nitrogens is 1. The quantitative estimate of drug-likeness (QED) is 0.240. The third-order valence-corrected chi connectivity index (χ3v) is 13.6. The highest BCUT2D eigenvalue weighted by atomic mass is 32.1. The highest BCUT2D eigenvalue weighted by Gasteiger charge is 2.50. The van der Waals surface area contributed by atoms with E-state index in [-0.39, 0.29) is 11.8 Å². The largest absolute Gasteiger partial charge is 0.381 e. The molecule has 4 aliphatic rings. The maximum Gasteiger partial charge on any atom is 0.147 e. The van der Waals surface area contributed by atoms with Gasteiger partial charge in [-0.2, -0.15) is 0 Å². The lowest BCUT2D eigenvalue weighted by molar-refractivity contribution is -0.128. The van der Waals surface area contributed by atoms with Gasteiger partial charge in [0.2, 0.25) is 0 Å². The van der Waals surface area contributed by atoms with Crippen LogP contribution in [0.3, 0.4) is 0 Å². The number of ether oxygens (including phenoxy) is 1. The number of rotatable bonds is 10. The third kappa shape index (κ3) is 6.43. The molecule has 46 heavy (non-hydrogen) atoms. The summed E-state index contributed by atoms with van der Waals surface area (Å²) < 4.78 is 5.59. The lowest BCUT2D eigenvalue weighted by Gasteiger charge is -2.32. The maximum absolute atomic E-state index is 14.1. The molecule has 2 bridgehead atoms. The van der Waals surface area contributed by atoms with Crippen LogP contribution in [0.25, 0.3) is 21.5 Å². The van der Waals surface area contributed by atoms with Crippen molar-refractivity contribution in [1.82, 2.24) is 9.88 Å². The number of hydrogen-bond donors (Lipinski definition) is 1. The van der Waals surface area contributed by atoms with Gasteiger partial charge >= 0.3 is 0 Å². The summed E-state index contributed by atoms with van der Waals surface area (Å²) in [4.78, 5) is 36.0. The smallest absolute Gasteiger partial charge is 0.147 e. The fourth-order valence-corrected chi connectivity index (χ4v) is 10.7. The van der Waals surface area contributed by atoms with Crippen molar-refractivity contribution < 1.29 is 14.3 Å². The molecule has 2 aliphatic carbocycles. The van der Waals surface area contributed by atoms with Gasteiger partial charge in [0.15, 0.2) is 0 Å². The first-order valence-electron chi connectivity index (χ1n) is 18.3. The topological polar surface area (TPSA) is 62.4 Å². The van der Waals surface area contributed by atoms with Crippen LogP contribution in [-0.2, 0) is 26.2 Å². The van der Waals surface area contributed by atoms with E-state index in [0.29, 0.717) is 29.3 Å². The van der Waals surface area contributed by atoms with Crippen LogP contribution in [0, 0.1) is 43.4 Å². The van der Waals surface area contributed by atoms with E-state index in [1.54, 1.807) is 11.3 Å². The molecule has 4 heterocycles. The van der Waals surface area contributed by atoms with E-state index in [2.05, 4.69) is 61.8 Å². The maximum atomic E-state index is 14.1. The summed E-state index contributed by atoms with van der Waals surface area (Å²) in [7, 11) is 0. The minimum atomic E-state index is -0.458. The summed E-state index contributed by atoms with van der Waals surface area (Å²) >= 11 is 1.80. The molecule has 2 saturated heterocycles. The number of hydrogen-bond acceptors (Lipinski definition) is 5. The molecule has 1 aromatic carbocycles. The van der Waals surface area contributed by atoms with Crippen LogP contribution >= 0.6 is 11.3 Å². The Morgan fingerprint density at radius 2 is 1.61 bits per heavy atom. The van der Waals surface area contributed by atoms with Crippen LogP contribution in [-0.4, -0.2) is 54.3 Å². The Labute approximate surface area is 279 Å². The molecule has 1 N–H and O–H groups in total. The first-order valence-corrected chi connectivity index (χ1v) is 19.1. The SMILES string of the molecule is Cc1cc(C)cc(-c2[nH]c3sc(C(C)(C)C(=O)C4C5CCC4CC5)cc3c2CCN2CCC(CC(=O)C3CCCOCC3)CC2)c1. The number of benzene rings is 1. The molecule has 0 amide bonds. The number of nitrogens with one attached hydrogen (secondary N) is 1. The molecule has 0 spiro atoms. The van der Waals surface area contributed by atoms with Gasteiger partial charge < -0.3 is 14.6 Å². The third-order valence-electron chi connectivity index (χ3n) is 12.3. The summed E-state index contributed by atoms with van der Waals surface area (Å²) in [6, 6.07) is 9.22. The number of piperidine rings is 1. The summed E-state index contributed by atoms with van der Waals surface area (Å²) in [6.45, 7) is 13.4. The van der Waals surface area contributed by atoms with Gasteiger partial charge in [0.25, 0.3) is 0 Å². The predicted molar refractivity (Wildman–Crippen MR) is 189 cm³/mol. The van der Waals surface area contributed by atoms with Crippen LogP contribution in [0.4, 0.5) is 0 Å². The van der Waals surface area contributed by atoms with Gasteiger partial charge in [-0.1, -0.05) is 17.2 Å². The Morgan fingerprint density at radius 3 is 2.30 bits per heavy atom. The monoisotopic (exact) mass is 642 g/mol. The molecule has 248 valence electrons. The standard InChI is InChI=1S/C40H54N2O3S/c1-25-20-26(2)22-31(21-25)37-32(13-17-42-15-11-27(12-16-42)23-34(43)28-6-5-18-45-19-14-28)33-24-35(46-39(33)41-37)40(3,4)38(44)36-29-7-8-30(36)10-9-29/h20-22,24,27-30,36,41H,5-19,23H2,1-4H3. The summed E-state index contributed by atoms with van der Waals surface area (Å²) in [5.41, 5.74) is 6.00. The average molecular weight is 643 g/mol. The minimum Gasteiger partial charge on any atom is -0.381 e. The Hall–Kier alpha value is -2.28. The zero-order valence-corrected chi connectivity index (χ0v) is 29.4. The molecule has 1 unspecified atom stereocenters. The fourth-order valence-electron chi connectivity index (χ4n) is 9.54. The first-order chi connectivity index (χ1) is 22.2. The lowest BCUT2D eigenvalue weighted by Crippen LogP contribution is -2.36. The van der Waals surface area contributed by atoms with Crippen LogP contribution < -0.4 is 0 Å². The van der Waals surface area contributed by atoms with Crippen molar-refractivity contribution in [3.05, 3.63) is 45.8 Å². The van der Waals surface area contributed by atoms with Crippen LogP contribution in [0.15, 0.2) is 24.3 Å². The number of carbonyl (C=O) groups is 2. The van der Waals surface area contributed by atoms with Crippen molar-refractivity contribution in [3.63, 3.8) is 0 Å². The van der Waals surface area contributed by atoms with Gasteiger partial charge in [-0.3, -0.25) is 9.59 Å². The summed E-state index contributed by atoms with van der Waals surface area (Å²) in [5.74, 6) is 3.18. The van der Waals surface area contributed by atoms with Gasteiger partial charge in [-0.05, 0) is 152 Å². The summed E-state index contributed by atoms with van der Waals surface area (Å²) in [6.07, 6.45) is 11.9. The molecule has 2 saturated carbocycles. The van der Waals surface area contributed by atoms with Crippen molar-refractivity contribution in [2.45, 2.75) is 104 Å². The highest BCUT2D eigenvalue weighted by molar-refractivity contribution is 7.19. The number of thiophene rings is 1. The van der Waals surface area contributed by atoms with E-state index in [9.17, 15) is 9.59 Å². The molecule has 0 radical (unpaired) electrons. The van der Waals surface area contributed by atoms with Crippen molar-refractivity contribution in [3.8, 4) is 11.3 Å². The Balaban J connectivity index is 1.08. The number of carbonyl (C=O) groups excluding carboxylic acids is 2. The zero-order chi connectivity index (χ0) is 32.0. The van der Waals surface area contributed by atoms with E-state index in [1.165, 1.54) is 68.7 Å². The van der Waals surface area contributed by atoms with E-state index in [0.717, 1.165) is 77.8 Å². The molecule has 4 fully saturated rings. The van der Waals surface area contributed by atoms with Crippen LogP contribution in [0.2, 0.25) is 0 Å². The molecule has 5 nitrogen and oxygen atoms in total. The van der Waals surface area contributed by atoms with E-state index >= 15 is 0 Å². The second-order valence-corrected chi connectivity index (χ2v) is 16.9. The Morgan fingerprint density at radius 1 is 0.913 bits per heavy atom. The Bertz CT molecular complexity index is 1530. The van der Waals surface area contributed by atoms with E-state index in [1.807, 2.05) is 0 Å². The highest BCUT2D eigenvalue weighted by Crippen LogP contribution is 2.53. The molecule has 6 heteroatoms. The first kappa shape index (κ1) is 32.3. The van der Waals surface area contributed by atoms with Gasteiger partial charge in [-0.25, -0.2) is 0 Å². The average Bonchev–Trinajstić information content (AvgIpc) is 3.76. The van der Waals surface area contributed by atoms with Crippen molar-refractivity contribution >= 4 is 33.1 Å². The number of aromatic amines is 1. The normalized spacial score (nSPS) is 26.2. The molecule has 1 atom stereocenters. The van der Waals surface area contributed by atoms with Crippen molar-refractivity contribution in [2.75, 3.05) is 32.8 Å². The minimum absolute atomic E-state index is 0.212.